The monoisotopic (exact) mass is 465 g/mol. The number of carbonyl (C=O) groups excluding carboxylic acids is 3. The first-order chi connectivity index (χ1) is 16.2. The fraction of sp³-hybridized carbons (Fsp3) is 0.217. The minimum absolute atomic E-state index is 0.0561. The molecule has 11 heteroatoms. The molecule has 0 saturated carbocycles. The molecule has 1 aliphatic heterocycles. The van der Waals surface area contributed by atoms with Crippen molar-refractivity contribution in [3.05, 3.63) is 62.9 Å². The molecule has 0 fully saturated rings. The highest BCUT2D eigenvalue weighted by Crippen LogP contribution is 2.34. The predicted molar refractivity (Wildman–Crippen MR) is 117 cm³/mol. The third kappa shape index (κ3) is 4.71. The van der Waals surface area contributed by atoms with Gasteiger partial charge in [-0.3, -0.25) is 29.4 Å². The summed E-state index contributed by atoms with van der Waals surface area (Å²) < 4.78 is 15.6. The van der Waals surface area contributed by atoms with Gasteiger partial charge in [0.15, 0.2) is 5.75 Å². The van der Waals surface area contributed by atoms with Gasteiger partial charge in [-0.15, -0.1) is 0 Å². The third-order valence-electron chi connectivity index (χ3n) is 5.02. The summed E-state index contributed by atoms with van der Waals surface area (Å²) in [5, 5.41) is 20.7. The maximum atomic E-state index is 13.0. The number of rotatable bonds is 7. The molecule has 1 aromatic heterocycles. The highest BCUT2D eigenvalue weighted by Gasteiger charge is 2.35. The first-order valence-corrected chi connectivity index (χ1v) is 9.93. The van der Waals surface area contributed by atoms with Crippen molar-refractivity contribution in [2.45, 2.75) is 13.8 Å². The number of ether oxygens (including phenoxy) is 2. The third-order valence-corrected chi connectivity index (χ3v) is 5.02. The van der Waals surface area contributed by atoms with Gasteiger partial charge in [-0.1, -0.05) is 0 Å². The Balaban J connectivity index is 1.97. The number of hydrogen-bond acceptors (Lipinski definition) is 9. The van der Waals surface area contributed by atoms with Crippen molar-refractivity contribution in [1.29, 1.82) is 5.26 Å². The van der Waals surface area contributed by atoms with Crippen LogP contribution in [-0.2, 0) is 19.1 Å². The highest BCUT2D eigenvalue weighted by molar-refractivity contribution is 6.19. The number of esters is 1. The Kier molecular flexibility index (Phi) is 6.92. The Morgan fingerprint density at radius 2 is 2.00 bits per heavy atom. The van der Waals surface area contributed by atoms with Gasteiger partial charge >= 0.3 is 11.7 Å². The molecule has 34 heavy (non-hydrogen) atoms. The number of nitro groups is 1. The van der Waals surface area contributed by atoms with Gasteiger partial charge in [-0.05, 0) is 42.8 Å². The van der Waals surface area contributed by atoms with E-state index < -0.39 is 22.7 Å². The molecule has 0 bridgehead atoms. The number of methoxy groups -OCH3 is 1. The van der Waals surface area contributed by atoms with Gasteiger partial charge in [0, 0.05) is 24.1 Å². The summed E-state index contributed by atoms with van der Waals surface area (Å²) in [5.74, 6) is -1.40. The minimum atomic E-state index is -0.778. The van der Waals surface area contributed by atoms with Gasteiger partial charge < -0.3 is 13.9 Å². The number of nitrogens with zero attached hydrogens (tertiary/aromatic N) is 3. The Morgan fingerprint density at radius 3 is 2.62 bits per heavy atom. The molecular weight excluding hydrogens is 446 g/mol. The molecule has 3 rings (SSSR count). The van der Waals surface area contributed by atoms with Crippen molar-refractivity contribution in [2.24, 2.45) is 0 Å². The standard InChI is InChI=1S/C23H19N3O8/c1-13-17(22(28)25(8-9-33-14(2)27)23(29)18(13)12-24)11-16-5-7-20(34-16)15-4-6-21(32-3)19(10-15)26(30)31/h4-7,10-11H,8-9H2,1-3H3/b17-11+. The zero-order valence-corrected chi connectivity index (χ0v) is 18.5. The first-order valence-electron chi connectivity index (χ1n) is 9.93. The molecule has 0 saturated heterocycles. The molecule has 1 aliphatic rings. The quantitative estimate of drug-likeness (QED) is 0.197. The summed E-state index contributed by atoms with van der Waals surface area (Å²) in [6, 6.07) is 9.25. The van der Waals surface area contributed by atoms with Crippen LogP contribution in [0.1, 0.15) is 19.6 Å². The fourth-order valence-corrected chi connectivity index (χ4v) is 3.33. The lowest BCUT2D eigenvalue weighted by Crippen LogP contribution is -2.44. The van der Waals surface area contributed by atoms with Crippen LogP contribution in [0.3, 0.4) is 0 Å². The van der Waals surface area contributed by atoms with Gasteiger partial charge in [-0.2, -0.15) is 5.26 Å². The minimum Gasteiger partial charge on any atom is -0.490 e. The van der Waals surface area contributed by atoms with Crippen molar-refractivity contribution in [3.8, 4) is 23.1 Å². The summed E-state index contributed by atoms with van der Waals surface area (Å²) in [5.41, 5.74) is 0.194. The molecule has 1 aromatic carbocycles. The maximum absolute atomic E-state index is 13.0. The van der Waals surface area contributed by atoms with Gasteiger partial charge in [0.25, 0.3) is 11.8 Å². The van der Waals surface area contributed by atoms with Crippen molar-refractivity contribution >= 4 is 29.5 Å². The van der Waals surface area contributed by atoms with Crippen LogP contribution in [0.4, 0.5) is 5.69 Å². The topological polar surface area (TPSA) is 153 Å². The zero-order chi connectivity index (χ0) is 25.0. The summed E-state index contributed by atoms with van der Waals surface area (Å²) in [6.07, 6.45) is 1.38. The number of nitriles is 1. The van der Waals surface area contributed by atoms with Gasteiger partial charge in [0.05, 0.1) is 18.6 Å². The van der Waals surface area contributed by atoms with Crippen molar-refractivity contribution in [1.82, 2.24) is 4.90 Å². The molecule has 2 heterocycles. The number of benzene rings is 1. The van der Waals surface area contributed by atoms with Crippen LogP contribution in [0, 0.1) is 21.4 Å². The molecule has 2 aromatic rings. The molecule has 11 nitrogen and oxygen atoms in total. The van der Waals surface area contributed by atoms with Crippen molar-refractivity contribution in [3.63, 3.8) is 0 Å². The van der Waals surface area contributed by atoms with Crippen LogP contribution in [0.2, 0.25) is 0 Å². The second-order valence-corrected chi connectivity index (χ2v) is 7.12. The number of nitro benzene ring substituents is 1. The molecule has 0 radical (unpaired) electrons. The molecule has 0 aliphatic carbocycles. The van der Waals surface area contributed by atoms with E-state index in [1.807, 2.05) is 6.07 Å². The van der Waals surface area contributed by atoms with E-state index in [1.165, 1.54) is 39.2 Å². The average Bonchev–Trinajstić information content (AvgIpc) is 3.27. The van der Waals surface area contributed by atoms with Crippen molar-refractivity contribution in [2.75, 3.05) is 20.3 Å². The molecule has 0 unspecified atom stereocenters. The second kappa shape index (κ2) is 9.83. The average molecular weight is 465 g/mol. The Morgan fingerprint density at radius 1 is 1.26 bits per heavy atom. The Bertz CT molecular complexity index is 1300. The van der Waals surface area contributed by atoms with Gasteiger partial charge in [0.2, 0.25) is 0 Å². The molecule has 0 atom stereocenters. The number of furan rings is 1. The molecular formula is C23H19N3O8. The van der Waals surface area contributed by atoms with E-state index in [9.17, 15) is 29.8 Å². The Labute approximate surface area is 193 Å². The van der Waals surface area contributed by atoms with E-state index in [4.69, 9.17) is 13.9 Å². The van der Waals surface area contributed by atoms with Crippen LogP contribution in [0.5, 0.6) is 5.75 Å². The van der Waals surface area contributed by atoms with Crippen molar-refractivity contribution < 1.29 is 33.2 Å². The fourth-order valence-electron chi connectivity index (χ4n) is 3.33. The van der Waals surface area contributed by atoms with E-state index in [0.29, 0.717) is 11.3 Å². The number of carbonyl (C=O) groups is 3. The zero-order valence-electron chi connectivity index (χ0n) is 18.5. The van der Waals surface area contributed by atoms with Crippen LogP contribution >= 0.6 is 0 Å². The van der Waals surface area contributed by atoms with E-state index in [-0.39, 0.29) is 47.1 Å². The molecule has 2 amide bonds. The van der Waals surface area contributed by atoms with Gasteiger partial charge in [0.1, 0.15) is 29.8 Å². The second-order valence-electron chi connectivity index (χ2n) is 7.12. The molecule has 174 valence electrons. The summed E-state index contributed by atoms with van der Waals surface area (Å²) in [6.45, 7) is 2.24. The number of hydrogen-bond donors (Lipinski definition) is 0. The smallest absolute Gasteiger partial charge is 0.311 e. The molecule has 0 spiro atoms. The molecule has 0 N–H and O–H groups in total. The van der Waals surface area contributed by atoms with Crippen LogP contribution in [0.15, 0.2) is 51.5 Å². The van der Waals surface area contributed by atoms with E-state index in [1.54, 1.807) is 18.2 Å². The van der Waals surface area contributed by atoms with E-state index in [2.05, 4.69) is 0 Å². The first kappa shape index (κ1) is 23.9. The van der Waals surface area contributed by atoms with E-state index in [0.717, 1.165) is 4.90 Å². The summed E-state index contributed by atoms with van der Waals surface area (Å²) >= 11 is 0. The SMILES string of the molecule is COc1ccc(-c2ccc(/C=C3/C(=O)N(CCOC(C)=O)C(=O)C(C#N)=C3C)o2)cc1[N+](=O)[O-]. The van der Waals surface area contributed by atoms with Crippen LogP contribution in [0.25, 0.3) is 17.4 Å². The highest BCUT2D eigenvalue weighted by atomic mass is 16.6. The maximum Gasteiger partial charge on any atom is 0.311 e. The van der Waals surface area contributed by atoms with E-state index >= 15 is 0 Å². The lowest BCUT2D eigenvalue weighted by Gasteiger charge is -2.27. The number of amides is 2. The summed E-state index contributed by atoms with van der Waals surface area (Å²) in [7, 11) is 1.33. The normalized spacial score (nSPS) is 14.9. The van der Waals surface area contributed by atoms with Crippen LogP contribution < -0.4 is 4.74 Å². The Hall–Kier alpha value is -4.72. The largest absolute Gasteiger partial charge is 0.490 e. The lowest BCUT2D eigenvalue weighted by molar-refractivity contribution is -0.385. The van der Waals surface area contributed by atoms with Crippen LogP contribution in [-0.4, -0.2) is 47.9 Å². The number of imide groups is 1. The lowest BCUT2D eigenvalue weighted by atomic mass is 9.94. The predicted octanol–water partition coefficient (Wildman–Crippen LogP) is 3.02. The van der Waals surface area contributed by atoms with Gasteiger partial charge in [-0.25, -0.2) is 0 Å². The summed E-state index contributed by atoms with van der Waals surface area (Å²) in [4.78, 5) is 48.1.